The van der Waals surface area contributed by atoms with Crippen LogP contribution in [0.3, 0.4) is 0 Å². The topological polar surface area (TPSA) is 69.4 Å². The predicted octanol–water partition coefficient (Wildman–Crippen LogP) is 2.31. The molecule has 1 rings (SSSR count). The van der Waals surface area contributed by atoms with Crippen LogP contribution in [0, 0.1) is 5.82 Å². The molecule has 6 heteroatoms. The minimum absolute atomic E-state index is 0.0543. The van der Waals surface area contributed by atoms with Crippen molar-refractivity contribution in [2.45, 2.75) is 44.9 Å². The van der Waals surface area contributed by atoms with Crippen LogP contribution in [0.1, 0.15) is 32.8 Å². The molecular weight excluding hydrogens is 293 g/mol. The van der Waals surface area contributed by atoms with Gasteiger partial charge >= 0.3 is 0 Å². The minimum atomic E-state index is -3.14. The molecular formula is C15H24FNO3S. The van der Waals surface area contributed by atoms with Gasteiger partial charge in [-0.25, -0.2) is 12.8 Å². The standard InChI is InChI=1S/C15H24FNO3S/c1-4-14(17)10-12-9-13(16)5-6-15(12)20-7-8-21(18,19)11(2)3/h5-6,9,11,14H,4,7-8,10,17H2,1-3H3. The van der Waals surface area contributed by atoms with Crippen molar-refractivity contribution in [3.8, 4) is 5.75 Å². The zero-order chi connectivity index (χ0) is 16.0. The first kappa shape index (κ1) is 17.9. The molecule has 4 nitrogen and oxygen atoms in total. The van der Waals surface area contributed by atoms with Gasteiger partial charge in [-0.1, -0.05) is 6.92 Å². The number of hydrogen-bond acceptors (Lipinski definition) is 4. The van der Waals surface area contributed by atoms with Crippen LogP contribution in [0.2, 0.25) is 0 Å². The Labute approximate surface area is 126 Å². The molecule has 0 aliphatic carbocycles. The Morgan fingerprint density at radius 1 is 1.33 bits per heavy atom. The fourth-order valence-corrected chi connectivity index (χ4v) is 2.57. The third-order valence-electron chi connectivity index (χ3n) is 3.37. The Kier molecular flexibility index (Phi) is 6.61. The number of ether oxygens (including phenoxy) is 1. The Hall–Kier alpha value is -1.14. The minimum Gasteiger partial charge on any atom is -0.492 e. The maximum Gasteiger partial charge on any atom is 0.155 e. The number of hydrogen-bond donors (Lipinski definition) is 1. The average molecular weight is 317 g/mol. The van der Waals surface area contributed by atoms with Crippen molar-refractivity contribution in [3.63, 3.8) is 0 Å². The second-order valence-electron chi connectivity index (χ2n) is 5.39. The number of halogens is 1. The summed E-state index contributed by atoms with van der Waals surface area (Å²) < 4.78 is 42.3. The van der Waals surface area contributed by atoms with Gasteiger partial charge in [-0.3, -0.25) is 0 Å². The molecule has 1 aromatic rings. The van der Waals surface area contributed by atoms with Crippen molar-refractivity contribution in [2.75, 3.05) is 12.4 Å². The van der Waals surface area contributed by atoms with E-state index < -0.39 is 15.1 Å². The van der Waals surface area contributed by atoms with E-state index in [1.807, 2.05) is 6.92 Å². The first-order chi connectivity index (χ1) is 9.76. The molecule has 0 fully saturated rings. The van der Waals surface area contributed by atoms with Gasteiger partial charge in [0.15, 0.2) is 9.84 Å². The monoisotopic (exact) mass is 317 g/mol. The van der Waals surface area contributed by atoms with E-state index in [0.717, 1.165) is 6.42 Å². The van der Waals surface area contributed by atoms with E-state index in [9.17, 15) is 12.8 Å². The lowest BCUT2D eigenvalue weighted by Crippen LogP contribution is -2.23. The predicted molar refractivity (Wildman–Crippen MR) is 82.8 cm³/mol. The molecule has 0 saturated heterocycles. The SMILES string of the molecule is CCC(N)Cc1cc(F)ccc1OCCS(=O)(=O)C(C)C. The molecule has 1 unspecified atom stereocenters. The van der Waals surface area contributed by atoms with Crippen LogP contribution in [0.5, 0.6) is 5.75 Å². The molecule has 2 N–H and O–H groups in total. The third kappa shape index (κ3) is 5.63. The summed E-state index contributed by atoms with van der Waals surface area (Å²) in [5, 5.41) is -0.428. The average Bonchev–Trinajstić information content (AvgIpc) is 2.40. The summed E-state index contributed by atoms with van der Waals surface area (Å²) in [6.07, 6.45) is 1.28. The highest BCUT2D eigenvalue weighted by Gasteiger charge is 2.16. The maximum atomic E-state index is 13.3. The summed E-state index contributed by atoms with van der Waals surface area (Å²) in [5.41, 5.74) is 6.56. The summed E-state index contributed by atoms with van der Waals surface area (Å²) in [6, 6.07) is 4.14. The van der Waals surface area contributed by atoms with Crippen molar-refractivity contribution in [2.24, 2.45) is 5.73 Å². The Balaban J connectivity index is 2.74. The van der Waals surface area contributed by atoms with E-state index in [-0.39, 0.29) is 24.2 Å². The van der Waals surface area contributed by atoms with Gasteiger partial charge < -0.3 is 10.5 Å². The van der Waals surface area contributed by atoms with E-state index >= 15 is 0 Å². The van der Waals surface area contributed by atoms with Crippen molar-refractivity contribution < 1.29 is 17.5 Å². The van der Waals surface area contributed by atoms with Crippen LogP contribution in [-0.2, 0) is 16.3 Å². The molecule has 0 aliphatic heterocycles. The summed E-state index contributed by atoms with van der Waals surface area (Å²) >= 11 is 0. The molecule has 0 spiro atoms. The van der Waals surface area contributed by atoms with E-state index in [1.165, 1.54) is 18.2 Å². The second-order valence-corrected chi connectivity index (χ2v) is 8.07. The first-order valence-corrected chi connectivity index (χ1v) is 8.86. The largest absolute Gasteiger partial charge is 0.492 e. The lowest BCUT2D eigenvalue weighted by atomic mass is 10.0. The fraction of sp³-hybridized carbons (Fsp3) is 0.600. The first-order valence-electron chi connectivity index (χ1n) is 7.14. The number of benzene rings is 1. The van der Waals surface area contributed by atoms with Gasteiger partial charge in [0.1, 0.15) is 18.2 Å². The van der Waals surface area contributed by atoms with E-state index in [0.29, 0.717) is 17.7 Å². The molecule has 120 valence electrons. The summed E-state index contributed by atoms with van der Waals surface area (Å²) in [7, 11) is -3.14. The number of sulfone groups is 1. The van der Waals surface area contributed by atoms with Crippen molar-refractivity contribution >= 4 is 9.84 Å². The van der Waals surface area contributed by atoms with Crippen LogP contribution in [0.4, 0.5) is 4.39 Å². The number of nitrogens with two attached hydrogens (primary N) is 1. The molecule has 0 radical (unpaired) electrons. The van der Waals surface area contributed by atoms with Crippen LogP contribution in [-0.4, -0.2) is 32.1 Å². The zero-order valence-electron chi connectivity index (χ0n) is 12.8. The quantitative estimate of drug-likeness (QED) is 0.799. The molecule has 0 bridgehead atoms. The van der Waals surface area contributed by atoms with Crippen LogP contribution < -0.4 is 10.5 Å². The fourth-order valence-electron chi connectivity index (χ4n) is 1.78. The lowest BCUT2D eigenvalue weighted by molar-refractivity contribution is 0.335. The van der Waals surface area contributed by atoms with E-state index in [1.54, 1.807) is 13.8 Å². The van der Waals surface area contributed by atoms with Crippen molar-refractivity contribution in [1.82, 2.24) is 0 Å². The molecule has 0 amide bonds. The Bertz CT molecular complexity index is 558. The molecule has 1 atom stereocenters. The maximum absolute atomic E-state index is 13.3. The highest BCUT2D eigenvalue weighted by atomic mass is 32.2. The molecule has 1 aromatic carbocycles. The number of rotatable bonds is 8. The van der Waals surface area contributed by atoms with Crippen molar-refractivity contribution in [3.05, 3.63) is 29.6 Å². The van der Waals surface area contributed by atoms with Crippen LogP contribution in [0.15, 0.2) is 18.2 Å². The third-order valence-corrected chi connectivity index (χ3v) is 5.54. The van der Waals surface area contributed by atoms with E-state index in [2.05, 4.69) is 0 Å². The van der Waals surface area contributed by atoms with Crippen molar-refractivity contribution in [1.29, 1.82) is 0 Å². The van der Waals surface area contributed by atoms with Gasteiger partial charge in [0.2, 0.25) is 0 Å². The molecule has 0 saturated carbocycles. The second kappa shape index (κ2) is 7.75. The highest BCUT2D eigenvalue weighted by molar-refractivity contribution is 7.91. The lowest BCUT2D eigenvalue weighted by Gasteiger charge is -2.15. The van der Waals surface area contributed by atoms with Gasteiger partial charge in [0.25, 0.3) is 0 Å². The van der Waals surface area contributed by atoms with Crippen LogP contribution >= 0.6 is 0 Å². The van der Waals surface area contributed by atoms with Gasteiger partial charge in [0, 0.05) is 6.04 Å². The Morgan fingerprint density at radius 2 is 2.00 bits per heavy atom. The molecule has 0 heterocycles. The summed E-state index contributed by atoms with van der Waals surface area (Å²) in [5.74, 6) is 0.0936. The molecule has 0 aromatic heterocycles. The summed E-state index contributed by atoms with van der Waals surface area (Å²) in [6.45, 7) is 5.29. The normalized spacial score (nSPS) is 13.4. The van der Waals surface area contributed by atoms with Gasteiger partial charge in [-0.15, -0.1) is 0 Å². The van der Waals surface area contributed by atoms with Crippen LogP contribution in [0.25, 0.3) is 0 Å². The zero-order valence-corrected chi connectivity index (χ0v) is 13.6. The highest BCUT2D eigenvalue weighted by Crippen LogP contribution is 2.22. The molecule has 0 aliphatic rings. The van der Waals surface area contributed by atoms with Gasteiger partial charge in [0.05, 0.1) is 11.0 Å². The Morgan fingerprint density at radius 3 is 2.57 bits per heavy atom. The van der Waals surface area contributed by atoms with E-state index in [4.69, 9.17) is 10.5 Å². The van der Waals surface area contributed by atoms with Gasteiger partial charge in [-0.05, 0) is 50.5 Å². The van der Waals surface area contributed by atoms with Gasteiger partial charge in [-0.2, -0.15) is 0 Å². The summed E-state index contributed by atoms with van der Waals surface area (Å²) in [4.78, 5) is 0. The molecule has 21 heavy (non-hydrogen) atoms. The smallest absolute Gasteiger partial charge is 0.155 e.